The number of benzene rings is 2. The van der Waals surface area contributed by atoms with E-state index in [2.05, 4.69) is 12.1 Å². The second kappa shape index (κ2) is 7.39. The van der Waals surface area contributed by atoms with Crippen LogP contribution < -0.4 is 9.47 Å². The van der Waals surface area contributed by atoms with Crippen LogP contribution in [0.15, 0.2) is 54.6 Å². The minimum atomic E-state index is 0.642. The molecule has 20 heavy (non-hydrogen) atoms. The van der Waals surface area contributed by atoms with Crippen molar-refractivity contribution in [3.8, 4) is 11.5 Å². The quantitative estimate of drug-likeness (QED) is 0.775. The molecule has 0 N–H and O–H groups in total. The SMILES string of the molecule is C/C=C\c1ccc(OCCc2ccccc2)c(OC)c1. The summed E-state index contributed by atoms with van der Waals surface area (Å²) in [5.74, 6) is 1.56. The number of rotatable bonds is 6. The molecule has 0 aliphatic heterocycles. The van der Waals surface area contributed by atoms with Gasteiger partial charge in [-0.15, -0.1) is 0 Å². The van der Waals surface area contributed by atoms with Crippen molar-refractivity contribution in [1.82, 2.24) is 0 Å². The number of hydrogen-bond donors (Lipinski definition) is 0. The van der Waals surface area contributed by atoms with Crippen molar-refractivity contribution < 1.29 is 9.47 Å². The number of allylic oxidation sites excluding steroid dienone is 1. The Balaban J connectivity index is 1.98. The van der Waals surface area contributed by atoms with Gasteiger partial charge in [0.05, 0.1) is 13.7 Å². The maximum absolute atomic E-state index is 5.82. The largest absolute Gasteiger partial charge is 0.493 e. The Hall–Kier alpha value is -2.22. The van der Waals surface area contributed by atoms with Gasteiger partial charge in [-0.25, -0.2) is 0 Å². The summed E-state index contributed by atoms with van der Waals surface area (Å²) in [5, 5.41) is 0. The van der Waals surface area contributed by atoms with Gasteiger partial charge in [-0.05, 0) is 30.2 Å². The lowest BCUT2D eigenvalue weighted by Crippen LogP contribution is -2.02. The van der Waals surface area contributed by atoms with Gasteiger partial charge in [-0.1, -0.05) is 48.6 Å². The zero-order valence-electron chi connectivity index (χ0n) is 12.0. The number of ether oxygens (including phenoxy) is 2. The molecule has 0 atom stereocenters. The Morgan fingerprint density at radius 2 is 1.80 bits per heavy atom. The molecule has 0 bridgehead atoms. The first-order valence-electron chi connectivity index (χ1n) is 6.81. The Bertz CT molecular complexity index is 559. The van der Waals surface area contributed by atoms with E-state index in [0.717, 1.165) is 23.5 Å². The molecule has 2 aromatic carbocycles. The van der Waals surface area contributed by atoms with Crippen molar-refractivity contribution in [3.05, 3.63) is 65.7 Å². The molecule has 0 aromatic heterocycles. The molecule has 0 spiro atoms. The first-order chi connectivity index (χ1) is 9.83. The molecule has 2 nitrogen and oxygen atoms in total. The summed E-state index contributed by atoms with van der Waals surface area (Å²) in [5.41, 5.74) is 2.39. The van der Waals surface area contributed by atoms with Crippen LogP contribution in [0.3, 0.4) is 0 Å². The first kappa shape index (κ1) is 14.2. The maximum atomic E-state index is 5.82. The fraction of sp³-hybridized carbons (Fsp3) is 0.222. The molecule has 0 heterocycles. The van der Waals surface area contributed by atoms with Gasteiger partial charge in [-0.2, -0.15) is 0 Å². The van der Waals surface area contributed by atoms with Crippen LogP contribution in [0.5, 0.6) is 11.5 Å². The van der Waals surface area contributed by atoms with E-state index in [4.69, 9.17) is 9.47 Å². The predicted molar refractivity (Wildman–Crippen MR) is 83.3 cm³/mol. The highest BCUT2D eigenvalue weighted by Crippen LogP contribution is 2.28. The summed E-state index contributed by atoms with van der Waals surface area (Å²) in [4.78, 5) is 0. The van der Waals surface area contributed by atoms with Crippen molar-refractivity contribution in [3.63, 3.8) is 0 Å². The fourth-order valence-corrected chi connectivity index (χ4v) is 2.02. The normalized spacial score (nSPS) is 10.7. The first-order valence-corrected chi connectivity index (χ1v) is 6.81. The summed E-state index contributed by atoms with van der Waals surface area (Å²) in [6.45, 7) is 2.64. The van der Waals surface area contributed by atoms with E-state index in [1.807, 2.05) is 55.5 Å². The molecule has 104 valence electrons. The summed E-state index contributed by atoms with van der Waals surface area (Å²) in [6, 6.07) is 16.3. The van der Waals surface area contributed by atoms with Crippen LogP contribution in [0.2, 0.25) is 0 Å². The zero-order chi connectivity index (χ0) is 14.2. The van der Waals surface area contributed by atoms with E-state index < -0.39 is 0 Å². The van der Waals surface area contributed by atoms with Crippen LogP contribution in [0, 0.1) is 0 Å². The molecular weight excluding hydrogens is 248 g/mol. The van der Waals surface area contributed by atoms with Crippen LogP contribution >= 0.6 is 0 Å². The van der Waals surface area contributed by atoms with Crippen molar-refractivity contribution in [2.75, 3.05) is 13.7 Å². The highest BCUT2D eigenvalue weighted by Gasteiger charge is 2.04. The highest BCUT2D eigenvalue weighted by molar-refractivity contribution is 5.55. The summed E-state index contributed by atoms with van der Waals surface area (Å²) in [6.07, 6.45) is 4.93. The Labute approximate surface area is 120 Å². The molecule has 0 aliphatic rings. The number of hydrogen-bond acceptors (Lipinski definition) is 2. The third-order valence-corrected chi connectivity index (χ3v) is 3.04. The Morgan fingerprint density at radius 1 is 1.00 bits per heavy atom. The lowest BCUT2D eigenvalue weighted by molar-refractivity contribution is 0.297. The van der Waals surface area contributed by atoms with Gasteiger partial charge < -0.3 is 9.47 Å². The van der Waals surface area contributed by atoms with Gasteiger partial charge in [0.2, 0.25) is 0 Å². The molecule has 0 saturated carbocycles. The van der Waals surface area contributed by atoms with Crippen LogP contribution in [0.25, 0.3) is 6.08 Å². The van der Waals surface area contributed by atoms with E-state index in [1.54, 1.807) is 7.11 Å². The zero-order valence-corrected chi connectivity index (χ0v) is 12.0. The van der Waals surface area contributed by atoms with Gasteiger partial charge in [0.1, 0.15) is 0 Å². The highest BCUT2D eigenvalue weighted by atomic mass is 16.5. The second-order valence-corrected chi connectivity index (χ2v) is 4.49. The summed E-state index contributed by atoms with van der Waals surface area (Å²) >= 11 is 0. The number of methoxy groups -OCH3 is 1. The van der Waals surface area contributed by atoms with Gasteiger partial charge in [0, 0.05) is 6.42 Å². The Kier molecular flexibility index (Phi) is 5.24. The molecule has 0 unspecified atom stereocenters. The van der Waals surface area contributed by atoms with Crippen molar-refractivity contribution in [1.29, 1.82) is 0 Å². The van der Waals surface area contributed by atoms with Gasteiger partial charge in [-0.3, -0.25) is 0 Å². The molecule has 0 radical (unpaired) electrons. The van der Waals surface area contributed by atoms with E-state index in [0.29, 0.717) is 6.61 Å². The molecule has 0 amide bonds. The third kappa shape index (κ3) is 3.89. The molecule has 0 fully saturated rings. The Morgan fingerprint density at radius 3 is 2.50 bits per heavy atom. The topological polar surface area (TPSA) is 18.5 Å². The lowest BCUT2D eigenvalue weighted by Gasteiger charge is -2.11. The molecule has 2 aromatic rings. The van der Waals surface area contributed by atoms with Gasteiger partial charge in [0.15, 0.2) is 11.5 Å². The van der Waals surface area contributed by atoms with E-state index in [-0.39, 0.29) is 0 Å². The van der Waals surface area contributed by atoms with Crippen LogP contribution in [-0.4, -0.2) is 13.7 Å². The summed E-state index contributed by atoms with van der Waals surface area (Å²) < 4.78 is 11.2. The average molecular weight is 268 g/mol. The van der Waals surface area contributed by atoms with E-state index in [1.165, 1.54) is 5.56 Å². The van der Waals surface area contributed by atoms with Crippen molar-refractivity contribution in [2.45, 2.75) is 13.3 Å². The fourth-order valence-electron chi connectivity index (χ4n) is 2.02. The smallest absolute Gasteiger partial charge is 0.161 e. The summed E-state index contributed by atoms with van der Waals surface area (Å²) in [7, 11) is 1.67. The lowest BCUT2D eigenvalue weighted by atomic mass is 10.1. The molecule has 2 rings (SSSR count). The molecule has 2 heteroatoms. The maximum Gasteiger partial charge on any atom is 0.161 e. The third-order valence-electron chi connectivity index (χ3n) is 3.04. The molecule has 0 saturated heterocycles. The van der Waals surface area contributed by atoms with Crippen molar-refractivity contribution in [2.24, 2.45) is 0 Å². The molecule has 0 aliphatic carbocycles. The van der Waals surface area contributed by atoms with Crippen LogP contribution in [0.1, 0.15) is 18.1 Å². The molecular formula is C18H20O2. The monoisotopic (exact) mass is 268 g/mol. The van der Waals surface area contributed by atoms with Gasteiger partial charge >= 0.3 is 0 Å². The minimum Gasteiger partial charge on any atom is -0.493 e. The average Bonchev–Trinajstić information content (AvgIpc) is 2.50. The van der Waals surface area contributed by atoms with Crippen LogP contribution in [0.4, 0.5) is 0 Å². The second-order valence-electron chi connectivity index (χ2n) is 4.49. The van der Waals surface area contributed by atoms with E-state index >= 15 is 0 Å². The van der Waals surface area contributed by atoms with Crippen molar-refractivity contribution >= 4 is 6.08 Å². The standard InChI is InChI=1S/C18H20O2/c1-3-7-16-10-11-17(18(14-16)19-2)20-13-12-15-8-5-4-6-9-15/h3-11,14H,12-13H2,1-2H3/b7-3-. The van der Waals surface area contributed by atoms with Gasteiger partial charge in [0.25, 0.3) is 0 Å². The van der Waals surface area contributed by atoms with Crippen LogP contribution in [-0.2, 0) is 6.42 Å². The predicted octanol–water partition coefficient (Wildman–Crippen LogP) is 4.35. The van der Waals surface area contributed by atoms with E-state index in [9.17, 15) is 0 Å². The minimum absolute atomic E-state index is 0.642.